The summed E-state index contributed by atoms with van der Waals surface area (Å²) in [5, 5.41) is 2.41. The number of nitrogens with one attached hydrogen (secondary N) is 1. The van der Waals surface area contributed by atoms with Crippen LogP contribution >= 0.6 is 0 Å². The Bertz CT molecular complexity index is 600. The van der Waals surface area contributed by atoms with Crippen molar-refractivity contribution >= 4 is 23.8 Å². The van der Waals surface area contributed by atoms with Crippen molar-refractivity contribution in [2.45, 2.75) is 12.5 Å². The van der Waals surface area contributed by atoms with Crippen LogP contribution in [0.4, 0.5) is 0 Å². The Morgan fingerprint density at radius 1 is 0.917 bits per heavy atom. The molecule has 0 unspecified atom stereocenters. The van der Waals surface area contributed by atoms with E-state index in [1.807, 2.05) is 0 Å². The van der Waals surface area contributed by atoms with Gasteiger partial charge in [-0.25, -0.2) is 4.79 Å². The number of carbonyl (C=O) groups is 4. The fraction of sp³-hybridized carbons (Fsp3) is 0.375. The fourth-order valence-corrected chi connectivity index (χ4v) is 2.02. The molecule has 0 radical (unpaired) electrons. The van der Waals surface area contributed by atoms with Gasteiger partial charge in [-0.3, -0.25) is 14.4 Å². The van der Waals surface area contributed by atoms with Gasteiger partial charge in [0.1, 0.15) is 6.04 Å². The number of carbonyl (C=O) groups excluding carboxylic acids is 4. The van der Waals surface area contributed by atoms with Gasteiger partial charge in [0.2, 0.25) is 0 Å². The van der Waals surface area contributed by atoms with Gasteiger partial charge in [-0.2, -0.15) is 0 Å². The van der Waals surface area contributed by atoms with E-state index in [1.54, 1.807) is 18.2 Å². The third-order valence-corrected chi connectivity index (χ3v) is 3.30. The summed E-state index contributed by atoms with van der Waals surface area (Å²) in [4.78, 5) is 47.7. The molecule has 2 atom stereocenters. The van der Waals surface area contributed by atoms with E-state index in [9.17, 15) is 19.2 Å². The van der Waals surface area contributed by atoms with Crippen molar-refractivity contribution in [3.05, 3.63) is 35.9 Å². The van der Waals surface area contributed by atoms with E-state index in [0.717, 1.165) is 21.3 Å². The molecule has 8 nitrogen and oxygen atoms in total. The van der Waals surface area contributed by atoms with Gasteiger partial charge in [0.05, 0.1) is 33.7 Å². The summed E-state index contributed by atoms with van der Waals surface area (Å²) in [6, 6.07) is 6.70. The van der Waals surface area contributed by atoms with E-state index in [2.05, 4.69) is 19.5 Å². The van der Waals surface area contributed by atoms with E-state index >= 15 is 0 Å². The zero-order chi connectivity index (χ0) is 18.1. The normalized spacial score (nSPS) is 12.5. The fourth-order valence-electron chi connectivity index (χ4n) is 2.02. The highest BCUT2D eigenvalue weighted by molar-refractivity contribution is 5.98. The first-order valence-corrected chi connectivity index (χ1v) is 7.03. The Morgan fingerprint density at radius 2 is 1.50 bits per heavy atom. The lowest BCUT2D eigenvalue weighted by Gasteiger charge is -2.23. The molecule has 0 aromatic heterocycles. The second kappa shape index (κ2) is 9.29. The van der Waals surface area contributed by atoms with Crippen LogP contribution in [-0.4, -0.2) is 51.2 Å². The molecule has 8 heteroatoms. The molecule has 130 valence electrons. The van der Waals surface area contributed by atoms with E-state index < -0.39 is 42.2 Å². The molecule has 1 amide bonds. The lowest BCUT2D eigenvalue weighted by atomic mass is 9.95. The molecule has 0 bridgehead atoms. The number of methoxy groups -OCH3 is 3. The summed E-state index contributed by atoms with van der Waals surface area (Å²) in [5.74, 6) is -4.32. The molecule has 0 aliphatic rings. The maximum absolute atomic E-state index is 12.3. The lowest BCUT2D eigenvalue weighted by molar-refractivity contribution is -0.158. The van der Waals surface area contributed by atoms with Gasteiger partial charge in [-0.05, 0) is 12.1 Å². The Hall–Kier alpha value is -2.90. The molecule has 1 N–H and O–H groups in total. The van der Waals surface area contributed by atoms with Gasteiger partial charge in [0.25, 0.3) is 5.91 Å². The van der Waals surface area contributed by atoms with Gasteiger partial charge in [-0.15, -0.1) is 0 Å². The zero-order valence-corrected chi connectivity index (χ0v) is 13.6. The van der Waals surface area contributed by atoms with Crippen LogP contribution in [0.15, 0.2) is 30.3 Å². The molecule has 0 aliphatic carbocycles. The number of hydrogen-bond donors (Lipinski definition) is 1. The van der Waals surface area contributed by atoms with E-state index in [1.165, 1.54) is 12.1 Å². The number of hydrogen-bond acceptors (Lipinski definition) is 7. The first kappa shape index (κ1) is 19.1. The molecule has 24 heavy (non-hydrogen) atoms. The van der Waals surface area contributed by atoms with Crippen molar-refractivity contribution in [1.29, 1.82) is 0 Å². The van der Waals surface area contributed by atoms with E-state index in [0.29, 0.717) is 0 Å². The monoisotopic (exact) mass is 337 g/mol. The minimum Gasteiger partial charge on any atom is -0.469 e. The van der Waals surface area contributed by atoms with Crippen LogP contribution < -0.4 is 5.32 Å². The summed E-state index contributed by atoms with van der Waals surface area (Å²) < 4.78 is 13.8. The molecule has 0 fully saturated rings. The summed E-state index contributed by atoms with van der Waals surface area (Å²) in [5.41, 5.74) is 0.285. The maximum atomic E-state index is 12.3. The SMILES string of the molecule is COC(=O)C[C@@H](C(=O)OC)[C@@H](NC(=O)c1ccccc1)C(=O)OC. The second-order valence-electron chi connectivity index (χ2n) is 4.75. The van der Waals surface area contributed by atoms with Crippen LogP contribution in [0.2, 0.25) is 0 Å². The summed E-state index contributed by atoms with van der Waals surface area (Å²) in [7, 11) is 3.36. The molecule has 0 aliphatic heterocycles. The molecule has 0 saturated heterocycles. The van der Waals surface area contributed by atoms with Crippen LogP contribution in [0.1, 0.15) is 16.8 Å². The molecule has 1 rings (SSSR count). The third kappa shape index (κ3) is 5.08. The molecule has 1 aromatic rings. The van der Waals surface area contributed by atoms with Crippen molar-refractivity contribution in [2.75, 3.05) is 21.3 Å². The number of ether oxygens (including phenoxy) is 3. The second-order valence-corrected chi connectivity index (χ2v) is 4.75. The van der Waals surface area contributed by atoms with Crippen molar-refractivity contribution in [3.63, 3.8) is 0 Å². The highest BCUT2D eigenvalue weighted by Crippen LogP contribution is 2.15. The van der Waals surface area contributed by atoms with Crippen LogP contribution in [0.25, 0.3) is 0 Å². The van der Waals surface area contributed by atoms with Crippen molar-refractivity contribution < 1.29 is 33.4 Å². The van der Waals surface area contributed by atoms with Crippen LogP contribution in [0.3, 0.4) is 0 Å². The smallest absolute Gasteiger partial charge is 0.329 e. The lowest BCUT2D eigenvalue weighted by Crippen LogP contribution is -2.50. The predicted octanol–water partition coefficient (Wildman–Crippen LogP) is 0.310. The Labute approximate surface area is 139 Å². The third-order valence-electron chi connectivity index (χ3n) is 3.30. The molecule has 0 saturated carbocycles. The van der Waals surface area contributed by atoms with Crippen LogP contribution in [0.5, 0.6) is 0 Å². The van der Waals surface area contributed by atoms with Gasteiger partial charge < -0.3 is 19.5 Å². The van der Waals surface area contributed by atoms with Crippen molar-refractivity contribution in [1.82, 2.24) is 5.32 Å². The topological polar surface area (TPSA) is 108 Å². The minimum absolute atomic E-state index is 0.285. The van der Waals surface area contributed by atoms with Crippen molar-refractivity contribution in [3.8, 4) is 0 Å². The number of rotatable bonds is 7. The van der Waals surface area contributed by atoms with Gasteiger partial charge in [0.15, 0.2) is 0 Å². The number of benzene rings is 1. The largest absolute Gasteiger partial charge is 0.469 e. The average Bonchev–Trinajstić information content (AvgIpc) is 2.63. The maximum Gasteiger partial charge on any atom is 0.329 e. The first-order chi connectivity index (χ1) is 11.4. The van der Waals surface area contributed by atoms with Gasteiger partial charge >= 0.3 is 17.9 Å². The first-order valence-electron chi connectivity index (χ1n) is 7.03. The molecule has 1 aromatic carbocycles. The summed E-state index contributed by atoms with van der Waals surface area (Å²) >= 11 is 0. The Morgan fingerprint density at radius 3 is 2.00 bits per heavy atom. The average molecular weight is 337 g/mol. The minimum atomic E-state index is -1.39. The van der Waals surface area contributed by atoms with Crippen LogP contribution in [-0.2, 0) is 28.6 Å². The number of amides is 1. The Kier molecular flexibility index (Phi) is 7.41. The van der Waals surface area contributed by atoms with E-state index in [4.69, 9.17) is 0 Å². The molecular formula is C16H19NO7. The zero-order valence-electron chi connectivity index (χ0n) is 13.6. The molecular weight excluding hydrogens is 318 g/mol. The van der Waals surface area contributed by atoms with Gasteiger partial charge in [-0.1, -0.05) is 18.2 Å². The highest BCUT2D eigenvalue weighted by atomic mass is 16.5. The number of esters is 3. The molecule has 0 heterocycles. The Balaban J connectivity index is 3.07. The predicted molar refractivity (Wildman–Crippen MR) is 81.9 cm³/mol. The quantitative estimate of drug-likeness (QED) is 0.563. The van der Waals surface area contributed by atoms with Crippen LogP contribution in [0, 0.1) is 5.92 Å². The van der Waals surface area contributed by atoms with Crippen molar-refractivity contribution in [2.24, 2.45) is 5.92 Å². The standard InChI is InChI=1S/C16H19NO7/c1-22-12(18)9-11(15(20)23-2)13(16(21)24-3)17-14(19)10-7-5-4-6-8-10/h4-8,11,13H,9H2,1-3H3,(H,17,19)/t11-,13-/m1/s1. The summed E-state index contributed by atoms with van der Waals surface area (Å²) in [6.07, 6.45) is -0.446. The van der Waals surface area contributed by atoms with E-state index in [-0.39, 0.29) is 5.56 Å². The van der Waals surface area contributed by atoms with Gasteiger partial charge in [0, 0.05) is 5.56 Å². The molecule has 0 spiro atoms. The summed E-state index contributed by atoms with van der Waals surface area (Å²) in [6.45, 7) is 0. The highest BCUT2D eigenvalue weighted by Gasteiger charge is 2.38.